The molecule has 19 heavy (non-hydrogen) atoms. The van der Waals surface area contributed by atoms with Crippen molar-refractivity contribution in [3.63, 3.8) is 0 Å². The predicted octanol–water partition coefficient (Wildman–Crippen LogP) is 1.79. The fourth-order valence-electron chi connectivity index (χ4n) is 3.25. The number of hydrogen-bond acceptors (Lipinski definition) is 4. The average Bonchev–Trinajstić information content (AvgIpc) is 2.39. The van der Waals surface area contributed by atoms with Gasteiger partial charge in [0.2, 0.25) is 0 Å². The van der Waals surface area contributed by atoms with Crippen LogP contribution in [0.15, 0.2) is 0 Å². The van der Waals surface area contributed by atoms with Crippen molar-refractivity contribution >= 4 is 9.84 Å². The minimum absolute atomic E-state index is 0.0776. The molecule has 1 fully saturated rings. The Balaban J connectivity index is 2.56. The lowest BCUT2D eigenvalue weighted by atomic mass is 9.74. The van der Waals surface area contributed by atoms with E-state index in [9.17, 15) is 8.42 Å². The summed E-state index contributed by atoms with van der Waals surface area (Å²) in [5.74, 6) is 0.516. The Kier molecular flexibility index (Phi) is 6.27. The van der Waals surface area contributed by atoms with Gasteiger partial charge >= 0.3 is 0 Å². The standard InChI is InChI=1S/C14H30N2O2S/c1-4-19(17,18)12-8-9-13(15)14(16(2)3)10-6-5-7-11-14/h13H,4-12,15H2,1-3H3. The highest BCUT2D eigenvalue weighted by molar-refractivity contribution is 7.91. The topological polar surface area (TPSA) is 63.4 Å². The van der Waals surface area contributed by atoms with Gasteiger partial charge in [-0.2, -0.15) is 0 Å². The molecular weight excluding hydrogens is 260 g/mol. The SMILES string of the molecule is CCS(=O)(=O)CCCC(N)C1(N(C)C)CCCCC1. The van der Waals surface area contributed by atoms with E-state index in [0.29, 0.717) is 6.42 Å². The molecule has 0 aromatic carbocycles. The minimum Gasteiger partial charge on any atom is -0.326 e. The van der Waals surface area contributed by atoms with Crippen LogP contribution in [0.2, 0.25) is 0 Å². The number of nitrogens with zero attached hydrogens (tertiary/aromatic N) is 1. The van der Waals surface area contributed by atoms with Crippen molar-refractivity contribution < 1.29 is 8.42 Å². The Hall–Kier alpha value is -0.130. The Morgan fingerprint density at radius 2 is 1.79 bits per heavy atom. The average molecular weight is 290 g/mol. The van der Waals surface area contributed by atoms with Gasteiger partial charge in [-0.25, -0.2) is 8.42 Å². The molecule has 0 amide bonds. The molecule has 1 aliphatic rings. The van der Waals surface area contributed by atoms with E-state index in [1.807, 2.05) is 0 Å². The van der Waals surface area contributed by atoms with Crippen LogP contribution in [0.4, 0.5) is 0 Å². The van der Waals surface area contributed by atoms with E-state index in [4.69, 9.17) is 5.73 Å². The third kappa shape index (κ3) is 4.43. The predicted molar refractivity (Wildman–Crippen MR) is 81.0 cm³/mol. The minimum atomic E-state index is -2.86. The molecule has 0 spiro atoms. The molecule has 0 radical (unpaired) electrons. The molecule has 0 aromatic rings. The summed E-state index contributed by atoms with van der Waals surface area (Å²) < 4.78 is 23.0. The lowest BCUT2D eigenvalue weighted by Gasteiger charge is -2.47. The highest BCUT2D eigenvalue weighted by Crippen LogP contribution is 2.35. The van der Waals surface area contributed by atoms with E-state index in [1.54, 1.807) is 6.92 Å². The van der Waals surface area contributed by atoms with Gasteiger partial charge in [0.25, 0.3) is 0 Å². The van der Waals surface area contributed by atoms with Crippen molar-refractivity contribution in [3.8, 4) is 0 Å². The number of hydrogen-bond donors (Lipinski definition) is 1. The fraction of sp³-hybridized carbons (Fsp3) is 1.00. The van der Waals surface area contributed by atoms with Crippen molar-refractivity contribution in [1.82, 2.24) is 4.90 Å². The number of rotatable bonds is 7. The van der Waals surface area contributed by atoms with Crippen LogP contribution in [-0.2, 0) is 9.84 Å². The Labute approximate surface area is 118 Å². The third-order valence-electron chi connectivity index (χ3n) is 4.71. The van der Waals surface area contributed by atoms with Gasteiger partial charge in [0.15, 0.2) is 0 Å². The first-order chi connectivity index (χ1) is 8.84. The van der Waals surface area contributed by atoms with Crippen LogP contribution < -0.4 is 5.73 Å². The molecule has 0 saturated heterocycles. The molecule has 114 valence electrons. The molecule has 1 saturated carbocycles. The van der Waals surface area contributed by atoms with Crippen LogP contribution in [0.25, 0.3) is 0 Å². The first kappa shape index (κ1) is 16.9. The lowest BCUT2D eigenvalue weighted by Crippen LogP contribution is -2.58. The summed E-state index contributed by atoms with van der Waals surface area (Å²) in [5, 5.41) is 0. The van der Waals surface area contributed by atoms with Crippen molar-refractivity contribution in [2.24, 2.45) is 5.73 Å². The van der Waals surface area contributed by atoms with Gasteiger partial charge in [-0.15, -0.1) is 0 Å². The normalized spacial score (nSPS) is 21.5. The largest absolute Gasteiger partial charge is 0.326 e. The van der Waals surface area contributed by atoms with Gasteiger partial charge in [-0.3, -0.25) is 0 Å². The molecule has 4 nitrogen and oxygen atoms in total. The highest BCUT2D eigenvalue weighted by Gasteiger charge is 2.39. The summed E-state index contributed by atoms with van der Waals surface area (Å²) in [6.45, 7) is 1.71. The molecule has 1 atom stereocenters. The van der Waals surface area contributed by atoms with Crippen LogP contribution in [0.3, 0.4) is 0 Å². The van der Waals surface area contributed by atoms with Gasteiger partial charge in [0.05, 0.1) is 5.75 Å². The van der Waals surface area contributed by atoms with Gasteiger partial charge in [-0.1, -0.05) is 26.2 Å². The van der Waals surface area contributed by atoms with Crippen LogP contribution in [0, 0.1) is 0 Å². The van der Waals surface area contributed by atoms with Crippen molar-refractivity contribution in [3.05, 3.63) is 0 Å². The molecule has 0 heterocycles. The molecule has 2 N–H and O–H groups in total. The second kappa shape index (κ2) is 7.04. The number of nitrogens with two attached hydrogens (primary N) is 1. The zero-order valence-corrected chi connectivity index (χ0v) is 13.5. The highest BCUT2D eigenvalue weighted by atomic mass is 32.2. The molecule has 0 aromatic heterocycles. The van der Waals surface area contributed by atoms with Crippen LogP contribution in [0.5, 0.6) is 0 Å². The van der Waals surface area contributed by atoms with E-state index < -0.39 is 9.84 Å². The van der Waals surface area contributed by atoms with E-state index in [1.165, 1.54) is 19.3 Å². The third-order valence-corrected chi connectivity index (χ3v) is 6.50. The monoisotopic (exact) mass is 290 g/mol. The second-order valence-corrected chi connectivity index (χ2v) is 8.52. The molecule has 1 aliphatic carbocycles. The van der Waals surface area contributed by atoms with Gasteiger partial charge in [0, 0.05) is 17.3 Å². The molecule has 5 heteroatoms. The Bertz CT molecular complexity index is 360. The van der Waals surface area contributed by atoms with Crippen LogP contribution in [-0.4, -0.2) is 50.5 Å². The van der Waals surface area contributed by atoms with Gasteiger partial charge in [0.1, 0.15) is 9.84 Å². The van der Waals surface area contributed by atoms with Gasteiger partial charge in [-0.05, 0) is 39.8 Å². The number of sulfone groups is 1. The summed E-state index contributed by atoms with van der Waals surface area (Å²) in [7, 11) is 1.36. The summed E-state index contributed by atoms with van der Waals surface area (Å²) in [6, 6.07) is 0.0786. The zero-order chi connectivity index (χ0) is 14.5. The summed E-state index contributed by atoms with van der Waals surface area (Å²) in [5.41, 5.74) is 6.50. The van der Waals surface area contributed by atoms with E-state index in [2.05, 4.69) is 19.0 Å². The first-order valence-corrected chi connectivity index (χ1v) is 9.29. The fourth-order valence-corrected chi connectivity index (χ4v) is 4.15. The smallest absolute Gasteiger partial charge is 0.150 e. The zero-order valence-electron chi connectivity index (χ0n) is 12.7. The van der Waals surface area contributed by atoms with E-state index in [0.717, 1.165) is 19.3 Å². The van der Waals surface area contributed by atoms with E-state index >= 15 is 0 Å². The Morgan fingerprint density at radius 1 is 1.21 bits per heavy atom. The second-order valence-electron chi connectivity index (χ2n) is 6.04. The van der Waals surface area contributed by atoms with Crippen molar-refractivity contribution in [1.29, 1.82) is 0 Å². The summed E-state index contributed by atoms with van der Waals surface area (Å²) in [6.07, 6.45) is 7.54. The van der Waals surface area contributed by atoms with Crippen LogP contribution >= 0.6 is 0 Å². The van der Waals surface area contributed by atoms with Crippen molar-refractivity contribution in [2.75, 3.05) is 25.6 Å². The molecule has 1 rings (SSSR count). The first-order valence-electron chi connectivity index (χ1n) is 7.47. The molecular formula is C14H30N2O2S. The lowest BCUT2D eigenvalue weighted by molar-refractivity contribution is 0.0683. The quantitative estimate of drug-likeness (QED) is 0.776. The maximum absolute atomic E-state index is 11.5. The molecule has 0 bridgehead atoms. The van der Waals surface area contributed by atoms with Crippen molar-refractivity contribution in [2.45, 2.75) is 63.5 Å². The number of likely N-dealkylation sites (N-methyl/N-ethyl adjacent to an activating group) is 1. The maximum atomic E-state index is 11.5. The van der Waals surface area contributed by atoms with Gasteiger partial charge < -0.3 is 10.6 Å². The maximum Gasteiger partial charge on any atom is 0.150 e. The molecule has 0 aliphatic heterocycles. The van der Waals surface area contributed by atoms with Crippen LogP contribution in [0.1, 0.15) is 51.9 Å². The Morgan fingerprint density at radius 3 is 2.26 bits per heavy atom. The molecule has 1 unspecified atom stereocenters. The summed E-state index contributed by atoms with van der Waals surface area (Å²) >= 11 is 0. The summed E-state index contributed by atoms with van der Waals surface area (Å²) in [4.78, 5) is 2.27. The van der Waals surface area contributed by atoms with E-state index in [-0.39, 0.29) is 23.1 Å².